The first-order chi connectivity index (χ1) is 5.53. The number of esters is 1. The summed E-state index contributed by atoms with van der Waals surface area (Å²) in [6.07, 6.45) is 2.32. The highest BCUT2D eigenvalue weighted by Crippen LogP contribution is 2.28. The van der Waals surface area contributed by atoms with E-state index in [1.54, 1.807) is 0 Å². The number of rotatable bonds is 1. The van der Waals surface area contributed by atoms with Crippen molar-refractivity contribution in [2.75, 3.05) is 13.7 Å². The zero-order chi connectivity index (χ0) is 9.19. The normalized spacial score (nSPS) is 24.4. The summed E-state index contributed by atoms with van der Waals surface area (Å²) < 4.78 is 9.93. The fourth-order valence-corrected chi connectivity index (χ4v) is 1.26. The van der Waals surface area contributed by atoms with Crippen molar-refractivity contribution < 1.29 is 14.3 Å². The molecule has 0 N–H and O–H groups in total. The molecule has 1 aliphatic heterocycles. The first-order valence-corrected chi connectivity index (χ1v) is 3.95. The van der Waals surface area contributed by atoms with Crippen LogP contribution in [0.2, 0.25) is 0 Å². The van der Waals surface area contributed by atoms with Gasteiger partial charge in [0.05, 0.1) is 19.3 Å². The lowest BCUT2D eigenvalue weighted by atomic mass is 10.0. The van der Waals surface area contributed by atoms with Gasteiger partial charge in [-0.3, -0.25) is 0 Å². The highest BCUT2D eigenvalue weighted by Gasteiger charge is 2.27. The van der Waals surface area contributed by atoms with Crippen LogP contribution in [0.15, 0.2) is 11.6 Å². The molecule has 0 amide bonds. The SMILES string of the molecule is COC(=O)/C=C1\COC(C)(C)C1. The third kappa shape index (κ3) is 2.34. The van der Waals surface area contributed by atoms with Crippen LogP contribution in [0.4, 0.5) is 0 Å². The Morgan fingerprint density at radius 2 is 2.33 bits per heavy atom. The van der Waals surface area contributed by atoms with Crippen molar-refractivity contribution >= 4 is 5.97 Å². The van der Waals surface area contributed by atoms with Gasteiger partial charge >= 0.3 is 5.97 Å². The molecule has 0 radical (unpaired) electrons. The van der Waals surface area contributed by atoms with E-state index in [0.717, 1.165) is 12.0 Å². The Balaban J connectivity index is 2.57. The molecule has 0 spiro atoms. The molecule has 12 heavy (non-hydrogen) atoms. The Bertz CT molecular complexity index is 216. The second-order valence-electron chi connectivity index (χ2n) is 3.55. The molecule has 0 aliphatic carbocycles. The summed E-state index contributed by atoms with van der Waals surface area (Å²) in [4.78, 5) is 10.8. The van der Waals surface area contributed by atoms with Crippen molar-refractivity contribution in [3.05, 3.63) is 11.6 Å². The summed E-state index contributed by atoms with van der Waals surface area (Å²) >= 11 is 0. The Hall–Kier alpha value is -0.830. The largest absolute Gasteiger partial charge is 0.466 e. The van der Waals surface area contributed by atoms with Crippen molar-refractivity contribution in [2.24, 2.45) is 0 Å². The summed E-state index contributed by atoms with van der Waals surface area (Å²) in [7, 11) is 1.38. The first-order valence-electron chi connectivity index (χ1n) is 3.95. The molecule has 3 nitrogen and oxygen atoms in total. The average molecular weight is 170 g/mol. The number of ether oxygens (including phenoxy) is 2. The predicted molar refractivity (Wildman–Crippen MR) is 44.7 cm³/mol. The van der Waals surface area contributed by atoms with Crippen LogP contribution in [0.1, 0.15) is 20.3 Å². The minimum Gasteiger partial charge on any atom is -0.466 e. The molecule has 3 heteroatoms. The van der Waals surface area contributed by atoms with Crippen molar-refractivity contribution in [3.8, 4) is 0 Å². The van der Waals surface area contributed by atoms with Crippen LogP contribution in [-0.4, -0.2) is 25.3 Å². The molecule has 1 fully saturated rings. The Kier molecular flexibility index (Phi) is 2.52. The first kappa shape index (κ1) is 9.26. The van der Waals surface area contributed by atoms with Gasteiger partial charge in [0.15, 0.2) is 0 Å². The van der Waals surface area contributed by atoms with E-state index in [1.807, 2.05) is 13.8 Å². The van der Waals surface area contributed by atoms with Gasteiger partial charge < -0.3 is 9.47 Å². The van der Waals surface area contributed by atoms with Gasteiger partial charge in [0.2, 0.25) is 0 Å². The number of carbonyl (C=O) groups is 1. The molecule has 0 aromatic heterocycles. The Morgan fingerprint density at radius 1 is 1.67 bits per heavy atom. The topological polar surface area (TPSA) is 35.5 Å². The molecule has 1 saturated heterocycles. The highest BCUT2D eigenvalue weighted by atomic mass is 16.5. The molecular weight excluding hydrogens is 156 g/mol. The van der Waals surface area contributed by atoms with Crippen LogP contribution in [-0.2, 0) is 14.3 Å². The third-order valence-corrected chi connectivity index (χ3v) is 1.82. The summed E-state index contributed by atoms with van der Waals surface area (Å²) in [5.41, 5.74) is 0.881. The van der Waals surface area contributed by atoms with Crippen molar-refractivity contribution in [3.63, 3.8) is 0 Å². The number of hydrogen-bond acceptors (Lipinski definition) is 3. The third-order valence-electron chi connectivity index (χ3n) is 1.82. The quantitative estimate of drug-likeness (QED) is 0.439. The number of methoxy groups -OCH3 is 1. The molecule has 0 aromatic carbocycles. The van der Waals surface area contributed by atoms with Crippen LogP contribution >= 0.6 is 0 Å². The molecule has 0 atom stereocenters. The maximum atomic E-state index is 10.8. The number of carbonyl (C=O) groups excluding carboxylic acids is 1. The van der Waals surface area contributed by atoms with E-state index in [9.17, 15) is 4.79 Å². The number of hydrogen-bond donors (Lipinski definition) is 0. The van der Waals surface area contributed by atoms with Gasteiger partial charge in [-0.2, -0.15) is 0 Å². The average Bonchev–Trinajstić information content (AvgIpc) is 2.30. The Morgan fingerprint density at radius 3 is 2.75 bits per heavy atom. The molecular formula is C9H14O3. The van der Waals surface area contributed by atoms with Crippen molar-refractivity contribution in [1.29, 1.82) is 0 Å². The molecule has 68 valence electrons. The fraction of sp³-hybridized carbons (Fsp3) is 0.667. The van der Waals surface area contributed by atoms with Gasteiger partial charge in [0.1, 0.15) is 0 Å². The molecule has 1 heterocycles. The summed E-state index contributed by atoms with van der Waals surface area (Å²) in [6, 6.07) is 0. The minimum absolute atomic E-state index is 0.125. The second kappa shape index (κ2) is 3.27. The van der Waals surface area contributed by atoms with Gasteiger partial charge in [-0.05, 0) is 25.8 Å². The van der Waals surface area contributed by atoms with Crippen LogP contribution in [0.25, 0.3) is 0 Å². The van der Waals surface area contributed by atoms with Gasteiger partial charge in [-0.15, -0.1) is 0 Å². The predicted octanol–water partition coefficient (Wildman–Crippen LogP) is 1.28. The molecule has 0 bridgehead atoms. The van der Waals surface area contributed by atoms with E-state index >= 15 is 0 Å². The molecule has 0 saturated carbocycles. The minimum atomic E-state index is -0.300. The maximum Gasteiger partial charge on any atom is 0.330 e. The Labute approximate surface area is 72.4 Å². The fourth-order valence-electron chi connectivity index (χ4n) is 1.26. The van der Waals surface area contributed by atoms with Gasteiger partial charge in [-0.1, -0.05) is 0 Å². The zero-order valence-corrected chi connectivity index (χ0v) is 7.72. The van der Waals surface area contributed by atoms with Gasteiger partial charge in [-0.25, -0.2) is 4.79 Å². The summed E-state index contributed by atoms with van der Waals surface area (Å²) in [6.45, 7) is 4.55. The van der Waals surface area contributed by atoms with Crippen LogP contribution in [0, 0.1) is 0 Å². The monoisotopic (exact) mass is 170 g/mol. The lowest BCUT2D eigenvalue weighted by Gasteiger charge is -2.14. The second-order valence-corrected chi connectivity index (χ2v) is 3.55. The van der Waals surface area contributed by atoms with E-state index in [-0.39, 0.29) is 11.6 Å². The molecule has 0 unspecified atom stereocenters. The summed E-state index contributed by atoms with van der Waals surface area (Å²) in [5, 5.41) is 0. The zero-order valence-electron chi connectivity index (χ0n) is 7.72. The van der Waals surface area contributed by atoms with E-state index in [1.165, 1.54) is 13.2 Å². The van der Waals surface area contributed by atoms with E-state index in [0.29, 0.717) is 6.61 Å². The lowest BCUT2D eigenvalue weighted by Crippen LogP contribution is -2.16. The standard InChI is InChI=1S/C9H14O3/c1-9(2)5-7(6-12-9)4-8(10)11-3/h4H,5-6H2,1-3H3/b7-4-. The van der Waals surface area contributed by atoms with Crippen LogP contribution in [0.5, 0.6) is 0 Å². The highest BCUT2D eigenvalue weighted by molar-refractivity contribution is 5.82. The lowest BCUT2D eigenvalue weighted by molar-refractivity contribution is -0.134. The van der Waals surface area contributed by atoms with Crippen molar-refractivity contribution in [2.45, 2.75) is 25.9 Å². The van der Waals surface area contributed by atoms with E-state index in [4.69, 9.17) is 4.74 Å². The van der Waals surface area contributed by atoms with Gasteiger partial charge in [0, 0.05) is 6.08 Å². The maximum absolute atomic E-state index is 10.8. The van der Waals surface area contributed by atoms with Crippen LogP contribution in [0.3, 0.4) is 0 Å². The van der Waals surface area contributed by atoms with E-state index < -0.39 is 0 Å². The van der Waals surface area contributed by atoms with Crippen molar-refractivity contribution in [1.82, 2.24) is 0 Å². The van der Waals surface area contributed by atoms with E-state index in [2.05, 4.69) is 4.74 Å². The van der Waals surface area contributed by atoms with Crippen LogP contribution < -0.4 is 0 Å². The molecule has 0 aromatic rings. The molecule has 1 aliphatic rings. The van der Waals surface area contributed by atoms with Gasteiger partial charge in [0.25, 0.3) is 0 Å². The smallest absolute Gasteiger partial charge is 0.330 e. The molecule has 1 rings (SSSR count). The summed E-state index contributed by atoms with van der Waals surface area (Å²) in [5.74, 6) is -0.300.